The van der Waals surface area contributed by atoms with Gasteiger partial charge in [-0.3, -0.25) is 0 Å². The minimum absolute atomic E-state index is 0.201. The van der Waals surface area contributed by atoms with E-state index in [0.717, 1.165) is 19.1 Å². The number of likely N-dealkylation sites (N-methyl/N-ethyl adjacent to an activating group) is 1. The molecular weight excluding hydrogens is 244 g/mol. The molecule has 0 aliphatic heterocycles. The second-order valence-electron chi connectivity index (χ2n) is 6.67. The highest BCUT2D eigenvalue weighted by Gasteiger charge is 2.31. The maximum atomic E-state index is 3.73. The minimum Gasteiger partial charge on any atom is -0.313 e. The van der Waals surface area contributed by atoms with E-state index in [1.54, 1.807) is 0 Å². The number of benzene rings is 1. The van der Waals surface area contributed by atoms with Crippen molar-refractivity contribution in [1.29, 1.82) is 0 Å². The molecule has 0 saturated heterocycles. The zero-order chi connectivity index (χ0) is 14.4. The summed E-state index contributed by atoms with van der Waals surface area (Å²) < 4.78 is 0. The van der Waals surface area contributed by atoms with Crippen molar-refractivity contribution in [3.8, 4) is 0 Å². The average molecular weight is 274 g/mol. The van der Waals surface area contributed by atoms with Gasteiger partial charge >= 0.3 is 0 Å². The van der Waals surface area contributed by atoms with Crippen molar-refractivity contribution in [1.82, 2.24) is 10.2 Å². The predicted molar refractivity (Wildman–Crippen MR) is 87.2 cm³/mol. The molecule has 20 heavy (non-hydrogen) atoms. The maximum Gasteiger partial charge on any atom is 0.0177 e. The molecular formula is C18H30N2. The number of unbranched alkanes of at least 4 members (excludes halogenated alkanes) is 1. The molecule has 2 nitrogen and oxygen atoms in total. The second-order valence-corrected chi connectivity index (χ2v) is 6.67. The maximum absolute atomic E-state index is 3.73. The van der Waals surface area contributed by atoms with Crippen LogP contribution in [0.4, 0.5) is 0 Å². The van der Waals surface area contributed by atoms with Gasteiger partial charge in [-0.15, -0.1) is 0 Å². The standard InChI is InChI=1S/C18H30N2/c1-4-5-13-20(3)15-18(2,14-19-17-11-12-17)16-9-7-6-8-10-16/h6-10,17,19H,4-5,11-15H2,1-3H3. The third-order valence-electron chi connectivity index (χ3n) is 4.34. The second kappa shape index (κ2) is 7.24. The first-order chi connectivity index (χ1) is 9.64. The van der Waals surface area contributed by atoms with Crippen molar-refractivity contribution in [3.63, 3.8) is 0 Å². The molecule has 112 valence electrons. The molecule has 1 atom stereocenters. The van der Waals surface area contributed by atoms with Gasteiger partial charge in [0.25, 0.3) is 0 Å². The Kier molecular flexibility index (Phi) is 5.62. The topological polar surface area (TPSA) is 15.3 Å². The molecule has 1 unspecified atom stereocenters. The predicted octanol–water partition coefficient (Wildman–Crippen LogP) is 3.43. The number of nitrogens with one attached hydrogen (secondary N) is 1. The van der Waals surface area contributed by atoms with E-state index in [2.05, 4.69) is 61.4 Å². The third kappa shape index (κ3) is 4.60. The van der Waals surface area contributed by atoms with Crippen LogP contribution in [-0.4, -0.2) is 37.6 Å². The Morgan fingerprint density at radius 2 is 1.95 bits per heavy atom. The fourth-order valence-electron chi connectivity index (χ4n) is 2.85. The minimum atomic E-state index is 0.201. The summed E-state index contributed by atoms with van der Waals surface area (Å²) in [5, 5.41) is 3.73. The van der Waals surface area contributed by atoms with E-state index < -0.39 is 0 Å². The summed E-state index contributed by atoms with van der Waals surface area (Å²) in [6.45, 7) is 8.07. The highest BCUT2D eigenvalue weighted by Crippen LogP contribution is 2.27. The van der Waals surface area contributed by atoms with E-state index in [0.29, 0.717) is 0 Å². The highest BCUT2D eigenvalue weighted by molar-refractivity contribution is 5.25. The summed E-state index contributed by atoms with van der Waals surface area (Å²) in [6, 6.07) is 11.8. The van der Waals surface area contributed by atoms with Gasteiger partial charge in [-0.05, 0) is 38.4 Å². The normalized spacial score (nSPS) is 18.2. The third-order valence-corrected chi connectivity index (χ3v) is 4.34. The van der Waals surface area contributed by atoms with Crippen molar-refractivity contribution in [2.75, 3.05) is 26.7 Å². The lowest BCUT2D eigenvalue weighted by molar-refractivity contribution is 0.246. The molecule has 0 spiro atoms. The molecule has 1 aromatic rings. The van der Waals surface area contributed by atoms with Gasteiger partial charge in [-0.25, -0.2) is 0 Å². The van der Waals surface area contributed by atoms with Crippen molar-refractivity contribution in [2.24, 2.45) is 0 Å². The van der Waals surface area contributed by atoms with Crippen LogP contribution in [-0.2, 0) is 5.41 Å². The zero-order valence-electron chi connectivity index (χ0n) is 13.4. The average Bonchev–Trinajstić information content (AvgIpc) is 3.28. The fourth-order valence-corrected chi connectivity index (χ4v) is 2.85. The Hall–Kier alpha value is -0.860. The number of nitrogens with zero attached hydrogens (tertiary/aromatic N) is 1. The summed E-state index contributed by atoms with van der Waals surface area (Å²) >= 11 is 0. The van der Waals surface area contributed by atoms with Gasteiger partial charge in [0.15, 0.2) is 0 Å². The van der Waals surface area contributed by atoms with Gasteiger partial charge in [-0.1, -0.05) is 50.6 Å². The lowest BCUT2D eigenvalue weighted by Gasteiger charge is -2.35. The zero-order valence-corrected chi connectivity index (χ0v) is 13.4. The van der Waals surface area contributed by atoms with E-state index in [1.807, 2.05) is 0 Å². The van der Waals surface area contributed by atoms with Crippen LogP contribution in [0.1, 0.15) is 45.1 Å². The molecule has 1 aliphatic rings. The number of hydrogen-bond donors (Lipinski definition) is 1. The summed E-state index contributed by atoms with van der Waals surface area (Å²) in [5.41, 5.74) is 1.66. The lowest BCUT2D eigenvalue weighted by atomic mass is 9.81. The molecule has 1 N–H and O–H groups in total. The molecule has 0 heterocycles. The molecule has 0 bridgehead atoms. The van der Waals surface area contributed by atoms with Gasteiger partial charge in [-0.2, -0.15) is 0 Å². The Morgan fingerprint density at radius 3 is 2.55 bits per heavy atom. The molecule has 1 aliphatic carbocycles. The molecule has 2 rings (SSSR count). The lowest BCUT2D eigenvalue weighted by Crippen LogP contribution is -2.45. The monoisotopic (exact) mass is 274 g/mol. The first-order valence-corrected chi connectivity index (χ1v) is 8.11. The van der Waals surface area contributed by atoms with Gasteiger partial charge in [0.2, 0.25) is 0 Å². The first-order valence-electron chi connectivity index (χ1n) is 8.11. The Labute approximate surface area is 124 Å². The van der Waals surface area contributed by atoms with Crippen LogP contribution in [0.2, 0.25) is 0 Å². The van der Waals surface area contributed by atoms with Crippen molar-refractivity contribution < 1.29 is 0 Å². The van der Waals surface area contributed by atoms with Gasteiger partial charge in [0.1, 0.15) is 0 Å². The van der Waals surface area contributed by atoms with Crippen LogP contribution >= 0.6 is 0 Å². The number of rotatable bonds is 9. The van der Waals surface area contributed by atoms with Crippen molar-refractivity contribution in [2.45, 2.75) is 51.0 Å². The summed E-state index contributed by atoms with van der Waals surface area (Å²) in [6.07, 6.45) is 5.28. The van der Waals surface area contributed by atoms with Crippen LogP contribution in [0, 0.1) is 0 Å². The van der Waals surface area contributed by atoms with Crippen LogP contribution in [0.25, 0.3) is 0 Å². The quantitative estimate of drug-likeness (QED) is 0.742. The van der Waals surface area contributed by atoms with Crippen molar-refractivity contribution >= 4 is 0 Å². The summed E-state index contributed by atoms with van der Waals surface area (Å²) in [5.74, 6) is 0. The summed E-state index contributed by atoms with van der Waals surface area (Å²) in [4.78, 5) is 2.49. The molecule has 2 heteroatoms. The van der Waals surface area contributed by atoms with Gasteiger partial charge in [0, 0.05) is 24.5 Å². The van der Waals surface area contributed by atoms with E-state index in [1.165, 1.54) is 37.8 Å². The van der Waals surface area contributed by atoms with E-state index in [-0.39, 0.29) is 5.41 Å². The van der Waals surface area contributed by atoms with E-state index in [9.17, 15) is 0 Å². The smallest absolute Gasteiger partial charge is 0.0177 e. The highest BCUT2D eigenvalue weighted by atomic mass is 15.1. The molecule has 1 saturated carbocycles. The molecule has 1 aromatic carbocycles. The van der Waals surface area contributed by atoms with Gasteiger partial charge in [0.05, 0.1) is 0 Å². The Morgan fingerprint density at radius 1 is 1.25 bits per heavy atom. The van der Waals surface area contributed by atoms with Crippen molar-refractivity contribution in [3.05, 3.63) is 35.9 Å². The van der Waals surface area contributed by atoms with Crippen LogP contribution in [0.5, 0.6) is 0 Å². The van der Waals surface area contributed by atoms with Crippen LogP contribution < -0.4 is 5.32 Å². The Balaban J connectivity index is 2.02. The molecule has 0 radical (unpaired) electrons. The van der Waals surface area contributed by atoms with Crippen LogP contribution in [0.3, 0.4) is 0 Å². The van der Waals surface area contributed by atoms with Gasteiger partial charge < -0.3 is 10.2 Å². The summed E-state index contributed by atoms with van der Waals surface area (Å²) in [7, 11) is 2.26. The molecule has 1 fully saturated rings. The molecule has 0 amide bonds. The van der Waals surface area contributed by atoms with E-state index >= 15 is 0 Å². The van der Waals surface area contributed by atoms with E-state index in [4.69, 9.17) is 0 Å². The largest absolute Gasteiger partial charge is 0.313 e. The first kappa shape index (κ1) is 15.5. The van der Waals surface area contributed by atoms with Crippen LogP contribution in [0.15, 0.2) is 30.3 Å². The fraction of sp³-hybridized carbons (Fsp3) is 0.667. The SMILES string of the molecule is CCCCN(C)CC(C)(CNC1CC1)c1ccccc1. The molecule has 0 aromatic heterocycles. The number of hydrogen-bond acceptors (Lipinski definition) is 2. The Bertz CT molecular complexity index is 386.